The molecular weight excluding hydrogens is 536 g/mol. The van der Waals surface area contributed by atoms with E-state index < -0.39 is 21.4 Å². The van der Waals surface area contributed by atoms with Crippen molar-refractivity contribution < 1.29 is 27.8 Å². The van der Waals surface area contributed by atoms with Crippen LogP contribution < -0.4 is 5.73 Å². The molecule has 1 fully saturated rings. The molecule has 4 aromatic rings. The lowest BCUT2D eigenvalue weighted by atomic mass is 9.77. The molecule has 1 aliphatic rings. The lowest BCUT2D eigenvalue weighted by Gasteiger charge is -2.36. The van der Waals surface area contributed by atoms with Gasteiger partial charge in [0.25, 0.3) is 0 Å². The molecule has 0 aliphatic heterocycles. The van der Waals surface area contributed by atoms with Gasteiger partial charge >= 0.3 is 5.97 Å². The number of carbonyl (C=O) groups is 1. The van der Waals surface area contributed by atoms with Crippen molar-refractivity contribution in [1.82, 2.24) is 24.6 Å². The van der Waals surface area contributed by atoms with E-state index in [-0.39, 0.29) is 42.7 Å². The van der Waals surface area contributed by atoms with Gasteiger partial charge in [0.15, 0.2) is 21.1 Å². The predicted octanol–water partition coefficient (Wildman–Crippen LogP) is 2.98. The maximum Gasteiger partial charge on any atom is 0.335 e. The average molecular weight is 567 g/mol. The highest BCUT2D eigenvalue weighted by atomic mass is 32.2. The van der Waals surface area contributed by atoms with Gasteiger partial charge in [-0.2, -0.15) is 9.61 Å². The van der Waals surface area contributed by atoms with E-state index in [4.69, 9.17) is 20.2 Å². The van der Waals surface area contributed by atoms with E-state index in [1.165, 1.54) is 11.6 Å². The van der Waals surface area contributed by atoms with Gasteiger partial charge in [-0.05, 0) is 43.9 Å². The average Bonchev–Trinajstić information content (AvgIpc) is 3.38. The Morgan fingerprint density at radius 2 is 1.88 bits per heavy atom. The van der Waals surface area contributed by atoms with Gasteiger partial charge < -0.3 is 20.3 Å². The second kappa shape index (κ2) is 10.9. The third-order valence-electron chi connectivity index (χ3n) is 7.27. The minimum absolute atomic E-state index is 0.0433. The molecule has 0 unspecified atom stereocenters. The van der Waals surface area contributed by atoms with Gasteiger partial charge in [-0.1, -0.05) is 12.1 Å². The van der Waals surface area contributed by atoms with Crippen molar-refractivity contribution in [2.24, 2.45) is 0 Å². The number of carboxylic acid groups (broad SMARTS) is 1. The maximum absolute atomic E-state index is 12.9. The number of nitrogen functional groups attached to an aromatic ring is 1. The Labute approximate surface area is 231 Å². The molecule has 13 heteroatoms. The summed E-state index contributed by atoms with van der Waals surface area (Å²) < 4.78 is 37.9. The molecule has 210 valence electrons. The molecule has 40 heavy (non-hydrogen) atoms. The number of carboxylic acids is 1. The van der Waals surface area contributed by atoms with Crippen molar-refractivity contribution in [3.05, 3.63) is 54.6 Å². The third-order valence-corrected chi connectivity index (χ3v) is 8.43. The van der Waals surface area contributed by atoms with E-state index in [1.54, 1.807) is 18.6 Å². The molecule has 1 aliphatic carbocycles. The summed E-state index contributed by atoms with van der Waals surface area (Å²) in [7, 11) is -2.27. The summed E-state index contributed by atoms with van der Waals surface area (Å²) in [5.41, 5.74) is 8.53. The second-order valence-corrected chi connectivity index (χ2v) is 11.8. The predicted molar refractivity (Wildman–Crippen MR) is 146 cm³/mol. The first-order valence-electron chi connectivity index (χ1n) is 12.8. The molecule has 4 aromatic heterocycles. The Morgan fingerprint density at radius 3 is 2.48 bits per heavy atom. The number of pyridine rings is 2. The SMILES string of the molecule is COCCO[C@]1(C(=O)O)CC[C@H](c2nc3c(-c4ccc(-c5ccccn5)nc4)cnn3c(N)c2S(C)(=O)=O)CC1. The highest BCUT2D eigenvalue weighted by Crippen LogP contribution is 2.43. The van der Waals surface area contributed by atoms with Crippen LogP contribution in [0.3, 0.4) is 0 Å². The number of aliphatic carboxylic acids is 1. The largest absolute Gasteiger partial charge is 0.479 e. The number of nitrogens with two attached hydrogens (primary N) is 1. The summed E-state index contributed by atoms with van der Waals surface area (Å²) in [6.45, 7) is 0.415. The van der Waals surface area contributed by atoms with Crippen LogP contribution in [-0.4, -0.2) is 76.2 Å². The first kappa shape index (κ1) is 27.6. The number of aromatic nitrogens is 5. The van der Waals surface area contributed by atoms with Gasteiger partial charge in [-0.3, -0.25) is 9.97 Å². The fraction of sp³-hybridized carbons (Fsp3) is 0.370. The quantitative estimate of drug-likeness (QED) is 0.285. The molecule has 4 heterocycles. The van der Waals surface area contributed by atoms with Gasteiger partial charge in [0.2, 0.25) is 0 Å². The van der Waals surface area contributed by atoms with E-state index in [0.29, 0.717) is 35.4 Å². The fourth-order valence-corrected chi connectivity index (χ4v) is 6.25. The zero-order valence-electron chi connectivity index (χ0n) is 22.1. The van der Waals surface area contributed by atoms with Crippen LogP contribution in [0.4, 0.5) is 5.82 Å². The number of ether oxygens (including phenoxy) is 2. The highest BCUT2D eigenvalue weighted by molar-refractivity contribution is 7.91. The molecule has 1 saturated carbocycles. The summed E-state index contributed by atoms with van der Waals surface area (Å²) in [4.78, 5) is 25.7. The first-order chi connectivity index (χ1) is 19.1. The normalized spacial score (nSPS) is 19.6. The van der Waals surface area contributed by atoms with Gasteiger partial charge in [-0.15, -0.1) is 0 Å². The van der Waals surface area contributed by atoms with E-state index >= 15 is 0 Å². The first-order valence-corrected chi connectivity index (χ1v) is 14.6. The summed E-state index contributed by atoms with van der Waals surface area (Å²) in [6.07, 6.45) is 7.13. The zero-order valence-corrected chi connectivity index (χ0v) is 23.0. The van der Waals surface area contributed by atoms with Crippen LogP contribution >= 0.6 is 0 Å². The van der Waals surface area contributed by atoms with Gasteiger partial charge in [-0.25, -0.2) is 18.2 Å². The Balaban J connectivity index is 1.53. The summed E-state index contributed by atoms with van der Waals surface area (Å²) in [5, 5.41) is 14.3. The Kier molecular flexibility index (Phi) is 7.53. The van der Waals surface area contributed by atoms with Crippen LogP contribution in [0.5, 0.6) is 0 Å². The van der Waals surface area contributed by atoms with Crippen molar-refractivity contribution in [3.63, 3.8) is 0 Å². The van der Waals surface area contributed by atoms with E-state index in [1.807, 2.05) is 30.3 Å². The van der Waals surface area contributed by atoms with Crippen LogP contribution in [0.2, 0.25) is 0 Å². The number of fused-ring (bicyclic) bond motifs is 1. The Hall–Kier alpha value is -3.94. The molecular formula is C27H30N6O6S. The van der Waals surface area contributed by atoms with Crippen molar-refractivity contribution >= 4 is 27.3 Å². The number of sulfone groups is 1. The monoisotopic (exact) mass is 566 g/mol. The van der Waals surface area contributed by atoms with Crippen LogP contribution in [0.1, 0.15) is 37.3 Å². The van der Waals surface area contributed by atoms with Gasteiger partial charge in [0, 0.05) is 42.8 Å². The minimum Gasteiger partial charge on any atom is -0.479 e. The van der Waals surface area contributed by atoms with Crippen LogP contribution in [0.15, 0.2) is 53.8 Å². The molecule has 5 rings (SSSR count). The molecule has 0 bridgehead atoms. The Morgan fingerprint density at radius 1 is 1.12 bits per heavy atom. The van der Waals surface area contributed by atoms with E-state index in [0.717, 1.165) is 17.5 Å². The summed E-state index contributed by atoms with van der Waals surface area (Å²) in [6, 6.07) is 9.29. The highest BCUT2D eigenvalue weighted by Gasteiger charge is 2.44. The molecule has 0 amide bonds. The van der Waals surface area contributed by atoms with Crippen molar-refractivity contribution in [2.75, 3.05) is 32.3 Å². The summed E-state index contributed by atoms with van der Waals surface area (Å²) >= 11 is 0. The van der Waals surface area contributed by atoms with Crippen LogP contribution in [0, 0.1) is 0 Å². The molecule has 0 spiro atoms. The number of hydrogen-bond acceptors (Lipinski definition) is 10. The molecule has 0 atom stereocenters. The van der Waals surface area contributed by atoms with Crippen molar-refractivity contribution in [3.8, 4) is 22.5 Å². The number of anilines is 1. The molecule has 0 saturated heterocycles. The maximum atomic E-state index is 12.9. The number of methoxy groups -OCH3 is 1. The Bertz CT molecular complexity index is 1630. The smallest absolute Gasteiger partial charge is 0.335 e. The van der Waals surface area contributed by atoms with Crippen molar-refractivity contribution in [2.45, 2.75) is 42.1 Å². The lowest BCUT2D eigenvalue weighted by molar-refractivity contribution is -0.173. The number of rotatable bonds is 9. The number of hydrogen-bond donors (Lipinski definition) is 2. The minimum atomic E-state index is -3.79. The fourth-order valence-electron chi connectivity index (χ4n) is 5.20. The van der Waals surface area contributed by atoms with Gasteiger partial charge in [0.05, 0.1) is 36.5 Å². The molecule has 12 nitrogen and oxygen atoms in total. The van der Waals surface area contributed by atoms with E-state index in [9.17, 15) is 18.3 Å². The van der Waals surface area contributed by atoms with Crippen molar-refractivity contribution in [1.29, 1.82) is 0 Å². The lowest BCUT2D eigenvalue weighted by Crippen LogP contribution is -2.45. The zero-order chi connectivity index (χ0) is 28.5. The van der Waals surface area contributed by atoms with Gasteiger partial charge in [0.1, 0.15) is 10.7 Å². The second-order valence-electron chi connectivity index (χ2n) is 9.84. The van der Waals surface area contributed by atoms with Crippen LogP contribution in [0.25, 0.3) is 28.2 Å². The van der Waals surface area contributed by atoms with E-state index in [2.05, 4.69) is 15.1 Å². The molecule has 0 radical (unpaired) electrons. The standard InChI is InChI=1S/C27H30N6O6S/c1-38-13-14-39-27(26(34)35)10-8-17(9-11-27)22-23(40(2,36)37)24(28)33-25(32-22)19(16-31-33)18-6-7-21(30-15-18)20-5-3-4-12-29-20/h3-7,12,15-17H,8-11,13-14,28H2,1-2H3,(H,34,35)/t17-,27+. The number of nitrogens with zero attached hydrogens (tertiary/aromatic N) is 5. The molecule has 0 aromatic carbocycles. The van der Waals surface area contributed by atoms with Crippen LogP contribution in [-0.2, 0) is 24.1 Å². The topological polar surface area (TPSA) is 172 Å². The third kappa shape index (κ3) is 5.15. The molecule has 3 N–H and O–H groups in total. The summed E-state index contributed by atoms with van der Waals surface area (Å²) in [5.74, 6) is -1.44.